The molecule has 0 aliphatic rings. The van der Waals surface area contributed by atoms with Crippen LogP contribution in [0, 0.1) is 0 Å². The number of carboxylic acid groups (broad SMARTS) is 1. The molecule has 120 valence electrons. The zero-order valence-electron chi connectivity index (χ0n) is 12.6. The molecule has 6 heteroatoms. The number of nitrogens with one attached hydrogen (secondary N) is 1. The lowest BCUT2D eigenvalue weighted by Crippen LogP contribution is -2.38. The van der Waals surface area contributed by atoms with Crippen molar-refractivity contribution in [1.82, 2.24) is 5.32 Å². The Morgan fingerprint density at radius 1 is 1.18 bits per heavy atom. The normalized spacial score (nSPS) is 11.5. The van der Waals surface area contributed by atoms with Gasteiger partial charge in [-0.25, -0.2) is 4.79 Å². The molecule has 0 aliphatic heterocycles. The standard InChI is InChI=1S/C16H21NO5/c1-2-6-14(18)9-13(10-15(19)20)17-16(21)22-11-12-7-4-3-5-8-12/h3-5,7-8,13H,2,6,9-11H2,1H3,(H,17,21)(H,19,20)/t13-/m0/s1. The van der Waals surface area contributed by atoms with Crippen molar-refractivity contribution in [3.8, 4) is 0 Å². The van der Waals surface area contributed by atoms with E-state index < -0.39 is 18.1 Å². The first-order valence-electron chi connectivity index (χ1n) is 7.22. The highest BCUT2D eigenvalue weighted by molar-refractivity contribution is 5.81. The molecule has 2 N–H and O–H groups in total. The number of alkyl carbamates (subject to hydrolysis) is 1. The molecule has 0 heterocycles. The summed E-state index contributed by atoms with van der Waals surface area (Å²) >= 11 is 0. The van der Waals surface area contributed by atoms with Gasteiger partial charge in [0.25, 0.3) is 0 Å². The summed E-state index contributed by atoms with van der Waals surface area (Å²) < 4.78 is 5.03. The number of ether oxygens (including phenoxy) is 1. The van der Waals surface area contributed by atoms with Crippen LogP contribution in [0.2, 0.25) is 0 Å². The van der Waals surface area contributed by atoms with Crippen LogP contribution in [0.15, 0.2) is 30.3 Å². The van der Waals surface area contributed by atoms with Gasteiger partial charge in [0.05, 0.1) is 6.42 Å². The highest BCUT2D eigenvalue weighted by Gasteiger charge is 2.19. The molecule has 1 amide bonds. The largest absolute Gasteiger partial charge is 0.481 e. The molecular formula is C16H21NO5. The van der Waals surface area contributed by atoms with Crippen molar-refractivity contribution in [2.75, 3.05) is 0 Å². The van der Waals surface area contributed by atoms with Crippen LogP contribution in [0.3, 0.4) is 0 Å². The Balaban J connectivity index is 2.47. The fourth-order valence-corrected chi connectivity index (χ4v) is 1.97. The highest BCUT2D eigenvalue weighted by Crippen LogP contribution is 2.05. The molecule has 0 spiro atoms. The third-order valence-electron chi connectivity index (χ3n) is 2.96. The van der Waals surface area contributed by atoms with Crippen LogP contribution >= 0.6 is 0 Å². The average Bonchev–Trinajstić information content (AvgIpc) is 2.45. The number of hydrogen-bond acceptors (Lipinski definition) is 4. The van der Waals surface area contributed by atoms with Gasteiger partial charge >= 0.3 is 12.1 Å². The Hall–Kier alpha value is -2.37. The lowest BCUT2D eigenvalue weighted by atomic mass is 10.0. The summed E-state index contributed by atoms with van der Waals surface area (Å²) in [5, 5.41) is 11.3. The maximum Gasteiger partial charge on any atom is 0.407 e. The van der Waals surface area contributed by atoms with Gasteiger partial charge in [-0.05, 0) is 12.0 Å². The number of rotatable bonds is 9. The summed E-state index contributed by atoms with van der Waals surface area (Å²) in [4.78, 5) is 34.1. The zero-order chi connectivity index (χ0) is 16.4. The molecule has 0 fully saturated rings. The molecule has 0 unspecified atom stereocenters. The Morgan fingerprint density at radius 3 is 2.45 bits per heavy atom. The second-order valence-corrected chi connectivity index (χ2v) is 4.99. The second-order valence-electron chi connectivity index (χ2n) is 4.99. The average molecular weight is 307 g/mol. The number of ketones is 1. The minimum atomic E-state index is -1.07. The quantitative estimate of drug-likeness (QED) is 0.731. The number of carbonyl (C=O) groups excluding carboxylic acids is 2. The maximum absolute atomic E-state index is 11.7. The van der Waals surface area contributed by atoms with Gasteiger partial charge in [0, 0.05) is 18.9 Å². The number of benzene rings is 1. The van der Waals surface area contributed by atoms with Gasteiger partial charge in [0.2, 0.25) is 0 Å². The van der Waals surface area contributed by atoms with Crippen LogP contribution in [0.4, 0.5) is 4.79 Å². The first-order chi connectivity index (χ1) is 10.5. The molecule has 0 saturated heterocycles. The summed E-state index contributed by atoms with van der Waals surface area (Å²) in [5.41, 5.74) is 0.828. The molecule has 1 rings (SSSR count). The molecule has 1 aromatic rings. The number of carbonyl (C=O) groups is 3. The SMILES string of the molecule is CCCC(=O)C[C@@H](CC(=O)O)NC(=O)OCc1ccccc1. The van der Waals surface area contributed by atoms with E-state index in [-0.39, 0.29) is 25.2 Å². The van der Waals surface area contributed by atoms with Crippen LogP contribution in [0.1, 0.15) is 38.2 Å². The number of carboxylic acids is 1. The van der Waals surface area contributed by atoms with Gasteiger partial charge in [-0.15, -0.1) is 0 Å². The van der Waals surface area contributed by atoms with Crippen LogP contribution in [0.25, 0.3) is 0 Å². The molecule has 0 aromatic heterocycles. The maximum atomic E-state index is 11.7. The van der Waals surface area contributed by atoms with Gasteiger partial charge < -0.3 is 15.2 Å². The van der Waals surface area contributed by atoms with Gasteiger partial charge in [-0.1, -0.05) is 37.3 Å². The van der Waals surface area contributed by atoms with E-state index in [9.17, 15) is 14.4 Å². The highest BCUT2D eigenvalue weighted by atomic mass is 16.5. The van der Waals surface area contributed by atoms with E-state index in [1.54, 1.807) is 0 Å². The van der Waals surface area contributed by atoms with E-state index in [4.69, 9.17) is 9.84 Å². The molecule has 0 radical (unpaired) electrons. The van der Waals surface area contributed by atoms with Crippen LogP contribution in [-0.4, -0.2) is 29.0 Å². The van der Waals surface area contributed by atoms with E-state index in [1.807, 2.05) is 37.3 Å². The topological polar surface area (TPSA) is 92.7 Å². The van der Waals surface area contributed by atoms with Crippen molar-refractivity contribution >= 4 is 17.8 Å². The number of hydrogen-bond donors (Lipinski definition) is 2. The van der Waals surface area contributed by atoms with E-state index in [0.29, 0.717) is 12.8 Å². The lowest BCUT2D eigenvalue weighted by molar-refractivity contribution is -0.137. The minimum Gasteiger partial charge on any atom is -0.481 e. The molecule has 0 saturated carbocycles. The second kappa shape index (κ2) is 9.55. The van der Waals surface area contributed by atoms with Gasteiger partial charge in [0.1, 0.15) is 12.4 Å². The fraction of sp³-hybridized carbons (Fsp3) is 0.438. The van der Waals surface area contributed by atoms with Crippen LogP contribution < -0.4 is 5.32 Å². The predicted octanol–water partition coefficient (Wildman–Crippen LogP) is 2.52. The number of amides is 1. The van der Waals surface area contributed by atoms with E-state index in [0.717, 1.165) is 5.56 Å². The smallest absolute Gasteiger partial charge is 0.407 e. The summed E-state index contributed by atoms with van der Waals surface area (Å²) in [5.74, 6) is -1.14. The first-order valence-corrected chi connectivity index (χ1v) is 7.22. The van der Waals surface area contributed by atoms with Crippen molar-refractivity contribution in [2.24, 2.45) is 0 Å². The molecular weight excluding hydrogens is 286 g/mol. The predicted molar refractivity (Wildman–Crippen MR) is 80.3 cm³/mol. The Morgan fingerprint density at radius 2 is 1.86 bits per heavy atom. The number of Topliss-reactive ketones (excluding diaryl/α,β-unsaturated/α-hetero) is 1. The summed E-state index contributed by atoms with van der Waals surface area (Å²) in [6, 6.07) is 8.38. The van der Waals surface area contributed by atoms with Crippen molar-refractivity contribution in [3.05, 3.63) is 35.9 Å². The number of aliphatic carboxylic acids is 1. The Labute approximate surface area is 129 Å². The van der Waals surface area contributed by atoms with Crippen LogP contribution in [-0.2, 0) is 20.9 Å². The monoisotopic (exact) mass is 307 g/mol. The van der Waals surface area contributed by atoms with Crippen molar-refractivity contribution in [3.63, 3.8) is 0 Å². The zero-order valence-corrected chi connectivity index (χ0v) is 12.6. The molecule has 0 aliphatic carbocycles. The van der Waals surface area contributed by atoms with E-state index in [2.05, 4.69) is 5.32 Å². The van der Waals surface area contributed by atoms with Gasteiger partial charge in [-0.2, -0.15) is 0 Å². The molecule has 0 bridgehead atoms. The molecule has 6 nitrogen and oxygen atoms in total. The van der Waals surface area contributed by atoms with Crippen LogP contribution in [0.5, 0.6) is 0 Å². The molecule has 1 aromatic carbocycles. The van der Waals surface area contributed by atoms with Gasteiger partial charge in [-0.3, -0.25) is 9.59 Å². The Kier molecular flexibility index (Phi) is 7.67. The first kappa shape index (κ1) is 17.7. The third kappa shape index (κ3) is 7.42. The van der Waals surface area contributed by atoms with Crippen molar-refractivity contribution in [1.29, 1.82) is 0 Å². The summed E-state index contributed by atoms with van der Waals surface area (Å²) in [7, 11) is 0. The van der Waals surface area contributed by atoms with E-state index >= 15 is 0 Å². The molecule has 1 atom stereocenters. The van der Waals surface area contributed by atoms with Crippen molar-refractivity contribution < 1.29 is 24.2 Å². The van der Waals surface area contributed by atoms with E-state index in [1.165, 1.54) is 0 Å². The Bertz CT molecular complexity index is 501. The summed E-state index contributed by atoms with van der Waals surface area (Å²) in [6.07, 6.45) is 0.0316. The summed E-state index contributed by atoms with van der Waals surface area (Å²) in [6.45, 7) is 1.96. The van der Waals surface area contributed by atoms with Crippen molar-refractivity contribution in [2.45, 2.75) is 45.3 Å². The lowest BCUT2D eigenvalue weighted by Gasteiger charge is -2.16. The minimum absolute atomic E-state index is 0.000572. The fourth-order valence-electron chi connectivity index (χ4n) is 1.97. The van der Waals surface area contributed by atoms with Gasteiger partial charge in [0.15, 0.2) is 0 Å². The third-order valence-corrected chi connectivity index (χ3v) is 2.96. The molecule has 22 heavy (non-hydrogen) atoms.